The number of hydrogen-bond donors (Lipinski definition) is 1. The van der Waals surface area contributed by atoms with Crippen molar-refractivity contribution in [3.05, 3.63) is 0 Å². The number of rotatable bonds is 9. The average Bonchev–Trinajstić information content (AvgIpc) is 2.41. The number of carbonyl (C=O) groups excluding carboxylic acids is 1. The second kappa shape index (κ2) is 8.45. The molecule has 1 N–H and O–H groups in total. The lowest BCUT2D eigenvalue weighted by atomic mass is 10.0. The summed E-state index contributed by atoms with van der Waals surface area (Å²) >= 11 is 0. The van der Waals surface area contributed by atoms with Crippen molar-refractivity contribution < 1.29 is 14.3 Å². The summed E-state index contributed by atoms with van der Waals surface area (Å²) in [5.41, 5.74) is -0.689. The fraction of sp³-hybridized carbons (Fsp3) is 0.923. The first kappa shape index (κ1) is 17.4. The van der Waals surface area contributed by atoms with Gasteiger partial charge in [0.2, 0.25) is 0 Å². The topological polar surface area (TPSA) is 50.8 Å². The normalized spacial score (nSPS) is 16.4. The van der Waals surface area contributed by atoms with Gasteiger partial charge in [-0.15, -0.1) is 0 Å². The van der Waals surface area contributed by atoms with Crippen LogP contribution < -0.4 is 5.32 Å². The highest BCUT2D eigenvalue weighted by Gasteiger charge is 2.35. The first-order valence-corrected chi connectivity index (χ1v) is 6.45. The number of carbonyl (C=O) groups is 1. The third kappa shape index (κ3) is 4.92. The fourth-order valence-electron chi connectivity index (χ4n) is 1.80. The zero-order chi connectivity index (χ0) is 14.2. The molecule has 0 radical (unpaired) electrons. The van der Waals surface area contributed by atoms with Crippen LogP contribution in [0.4, 0.5) is 0 Å². The minimum atomic E-state index is -0.689. The van der Waals surface area contributed by atoms with Crippen molar-refractivity contribution in [2.75, 3.05) is 41.0 Å². The standard InChI is InChI=1S/C13H28N2O3/c1-7-11(2)15(8-9-17-5)10-13(3,14-4)12(16)18-6/h11,14H,7-10H2,1-6H3. The van der Waals surface area contributed by atoms with Gasteiger partial charge >= 0.3 is 5.97 Å². The Hall–Kier alpha value is -0.650. The Bertz CT molecular complexity index is 248. The third-order valence-electron chi connectivity index (χ3n) is 3.50. The number of methoxy groups -OCH3 is 2. The SMILES string of the molecule is CCC(C)N(CCOC)CC(C)(NC)C(=O)OC. The monoisotopic (exact) mass is 260 g/mol. The van der Waals surface area contributed by atoms with Crippen molar-refractivity contribution in [2.24, 2.45) is 0 Å². The zero-order valence-electron chi connectivity index (χ0n) is 12.6. The van der Waals surface area contributed by atoms with E-state index in [0.29, 0.717) is 19.2 Å². The molecule has 108 valence electrons. The molecule has 5 heteroatoms. The molecular formula is C13H28N2O3. The van der Waals surface area contributed by atoms with Gasteiger partial charge in [0.05, 0.1) is 13.7 Å². The van der Waals surface area contributed by atoms with Crippen LogP contribution in [0.25, 0.3) is 0 Å². The van der Waals surface area contributed by atoms with E-state index in [1.54, 1.807) is 14.2 Å². The first-order chi connectivity index (χ1) is 8.45. The van der Waals surface area contributed by atoms with E-state index in [1.807, 2.05) is 6.92 Å². The van der Waals surface area contributed by atoms with E-state index in [0.717, 1.165) is 13.0 Å². The van der Waals surface area contributed by atoms with E-state index in [2.05, 4.69) is 24.1 Å². The van der Waals surface area contributed by atoms with Crippen molar-refractivity contribution in [2.45, 2.75) is 38.8 Å². The van der Waals surface area contributed by atoms with Gasteiger partial charge in [-0.05, 0) is 27.3 Å². The lowest BCUT2D eigenvalue weighted by Crippen LogP contribution is -2.57. The molecule has 5 nitrogen and oxygen atoms in total. The molecule has 0 aliphatic rings. The van der Waals surface area contributed by atoms with Crippen molar-refractivity contribution in [1.82, 2.24) is 10.2 Å². The summed E-state index contributed by atoms with van der Waals surface area (Å²) in [5, 5.41) is 3.06. The molecule has 0 aliphatic heterocycles. The van der Waals surface area contributed by atoms with Crippen LogP contribution in [0.2, 0.25) is 0 Å². The van der Waals surface area contributed by atoms with Crippen molar-refractivity contribution in [3.8, 4) is 0 Å². The quantitative estimate of drug-likeness (QED) is 0.624. The Morgan fingerprint density at radius 3 is 2.44 bits per heavy atom. The molecule has 0 rings (SSSR count). The van der Waals surface area contributed by atoms with E-state index >= 15 is 0 Å². The van der Waals surface area contributed by atoms with Gasteiger partial charge in [-0.1, -0.05) is 6.92 Å². The lowest BCUT2D eigenvalue weighted by Gasteiger charge is -2.36. The summed E-state index contributed by atoms with van der Waals surface area (Å²) in [6, 6.07) is 0.400. The lowest BCUT2D eigenvalue weighted by molar-refractivity contribution is -0.148. The van der Waals surface area contributed by atoms with Crippen LogP contribution in [0.1, 0.15) is 27.2 Å². The minimum Gasteiger partial charge on any atom is -0.468 e. The summed E-state index contributed by atoms with van der Waals surface area (Å²) in [6.45, 7) is 8.23. The van der Waals surface area contributed by atoms with Gasteiger partial charge in [0, 0.05) is 26.2 Å². The summed E-state index contributed by atoms with van der Waals surface area (Å²) in [5.74, 6) is -0.240. The zero-order valence-corrected chi connectivity index (χ0v) is 12.6. The summed E-state index contributed by atoms with van der Waals surface area (Å²) in [7, 11) is 4.88. The van der Waals surface area contributed by atoms with Gasteiger partial charge in [-0.3, -0.25) is 9.69 Å². The predicted molar refractivity (Wildman–Crippen MR) is 72.7 cm³/mol. The smallest absolute Gasteiger partial charge is 0.327 e. The molecule has 0 saturated heterocycles. The molecule has 0 aliphatic carbocycles. The van der Waals surface area contributed by atoms with E-state index in [9.17, 15) is 4.79 Å². The minimum absolute atomic E-state index is 0.240. The Morgan fingerprint density at radius 2 is 2.06 bits per heavy atom. The number of hydrogen-bond acceptors (Lipinski definition) is 5. The van der Waals surface area contributed by atoms with E-state index in [-0.39, 0.29) is 5.97 Å². The third-order valence-corrected chi connectivity index (χ3v) is 3.50. The molecule has 0 spiro atoms. The van der Waals surface area contributed by atoms with Crippen LogP contribution in [0, 0.1) is 0 Å². The maximum Gasteiger partial charge on any atom is 0.327 e. The number of nitrogens with one attached hydrogen (secondary N) is 1. The van der Waals surface area contributed by atoms with E-state index < -0.39 is 5.54 Å². The van der Waals surface area contributed by atoms with Crippen molar-refractivity contribution >= 4 is 5.97 Å². The summed E-state index contributed by atoms with van der Waals surface area (Å²) in [4.78, 5) is 14.1. The van der Waals surface area contributed by atoms with Gasteiger partial charge < -0.3 is 14.8 Å². The van der Waals surface area contributed by atoms with Crippen LogP contribution in [0.15, 0.2) is 0 Å². The Labute approximate surface area is 111 Å². The van der Waals surface area contributed by atoms with Gasteiger partial charge in [-0.25, -0.2) is 0 Å². The number of likely N-dealkylation sites (N-methyl/N-ethyl adjacent to an activating group) is 1. The molecule has 2 unspecified atom stereocenters. The molecule has 0 heterocycles. The molecule has 0 saturated carbocycles. The molecule has 0 amide bonds. The Balaban J connectivity index is 4.75. The first-order valence-electron chi connectivity index (χ1n) is 6.45. The number of nitrogens with zero attached hydrogens (tertiary/aromatic N) is 1. The van der Waals surface area contributed by atoms with Crippen molar-refractivity contribution in [3.63, 3.8) is 0 Å². The van der Waals surface area contributed by atoms with Gasteiger partial charge in [0.15, 0.2) is 0 Å². The summed E-state index contributed by atoms with van der Waals surface area (Å²) < 4.78 is 9.99. The Morgan fingerprint density at radius 1 is 1.44 bits per heavy atom. The van der Waals surface area contributed by atoms with Crippen molar-refractivity contribution in [1.29, 1.82) is 0 Å². The molecule has 2 atom stereocenters. The molecule has 0 bridgehead atoms. The second-order valence-corrected chi connectivity index (χ2v) is 4.79. The maximum absolute atomic E-state index is 11.8. The Kier molecular flexibility index (Phi) is 8.15. The van der Waals surface area contributed by atoms with Gasteiger partial charge in [0.25, 0.3) is 0 Å². The van der Waals surface area contributed by atoms with Crippen LogP contribution in [0.5, 0.6) is 0 Å². The van der Waals surface area contributed by atoms with Crippen LogP contribution in [-0.2, 0) is 14.3 Å². The van der Waals surface area contributed by atoms with E-state index in [1.165, 1.54) is 7.11 Å². The highest BCUT2D eigenvalue weighted by molar-refractivity contribution is 5.80. The van der Waals surface area contributed by atoms with Crippen LogP contribution in [0.3, 0.4) is 0 Å². The highest BCUT2D eigenvalue weighted by Crippen LogP contribution is 2.13. The molecule has 0 fully saturated rings. The molecule has 18 heavy (non-hydrogen) atoms. The number of esters is 1. The second-order valence-electron chi connectivity index (χ2n) is 4.79. The molecule has 0 aromatic rings. The summed E-state index contributed by atoms with van der Waals surface area (Å²) in [6.07, 6.45) is 1.03. The van der Waals surface area contributed by atoms with E-state index in [4.69, 9.17) is 9.47 Å². The fourth-order valence-corrected chi connectivity index (χ4v) is 1.80. The highest BCUT2D eigenvalue weighted by atomic mass is 16.5. The molecular weight excluding hydrogens is 232 g/mol. The average molecular weight is 260 g/mol. The largest absolute Gasteiger partial charge is 0.468 e. The van der Waals surface area contributed by atoms with Crippen LogP contribution >= 0.6 is 0 Å². The molecule has 0 aromatic heterocycles. The van der Waals surface area contributed by atoms with Gasteiger partial charge in [0.1, 0.15) is 5.54 Å². The van der Waals surface area contributed by atoms with Gasteiger partial charge in [-0.2, -0.15) is 0 Å². The molecule has 0 aromatic carbocycles. The predicted octanol–water partition coefficient (Wildman–Crippen LogP) is 0.884. The maximum atomic E-state index is 11.8. The van der Waals surface area contributed by atoms with Crippen LogP contribution in [-0.4, -0.2) is 63.4 Å². The number of ether oxygens (including phenoxy) is 2.